The van der Waals surface area contributed by atoms with Gasteiger partial charge in [0.15, 0.2) is 6.10 Å². The van der Waals surface area contributed by atoms with Crippen molar-refractivity contribution in [3.63, 3.8) is 0 Å². The van der Waals surface area contributed by atoms with E-state index in [1.165, 1.54) is 173 Å². The molecule has 6 nitrogen and oxygen atoms in total. The van der Waals surface area contributed by atoms with E-state index in [0.29, 0.717) is 19.3 Å². The summed E-state index contributed by atoms with van der Waals surface area (Å²) < 4.78 is 16.7. The number of esters is 3. The molecule has 1 atom stereocenters. The normalized spacial score (nSPS) is 12.4. The zero-order valence-electron chi connectivity index (χ0n) is 45.8. The van der Waals surface area contributed by atoms with Crippen LogP contribution >= 0.6 is 0 Å². The van der Waals surface area contributed by atoms with E-state index in [0.717, 1.165) is 89.9 Å². The Balaban J connectivity index is 3.86. The van der Waals surface area contributed by atoms with Crippen LogP contribution in [0.1, 0.15) is 303 Å². The third-order valence-corrected chi connectivity index (χ3v) is 13.0. The second kappa shape index (κ2) is 57.7. The number of carbonyl (C=O) groups is 3. The van der Waals surface area contributed by atoms with Gasteiger partial charge in [-0.2, -0.15) is 0 Å². The minimum Gasteiger partial charge on any atom is -0.462 e. The molecule has 6 heteroatoms. The van der Waals surface area contributed by atoms with E-state index < -0.39 is 6.10 Å². The summed E-state index contributed by atoms with van der Waals surface area (Å²) in [7, 11) is 0. The van der Waals surface area contributed by atoms with Gasteiger partial charge in [0, 0.05) is 19.3 Å². The molecule has 0 aromatic rings. The van der Waals surface area contributed by atoms with Crippen molar-refractivity contribution in [3.05, 3.63) is 60.8 Å². The lowest BCUT2D eigenvalue weighted by Crippen LogP contribution is -2.30. The van der Waals surface area contributed by atoms with Crippen molar-refractivity contribution in [3.8, 4) is 0 Å². The molecule has 0 aromatic heterocycles. The van der Waals surface area contributed by atoms with Crippen molar-refractivity contribution in [2.75, 3.05) is 13.2 Å². The van der Waals surface area contributed by atoms with Crippen LogP contribution in [0.4, 0.5) is 0 Å². The Hall–Kier alpha value is -2.89. The Kier molecular flexibility index (Phi) is 55.3. The van der Waals surface area contributed by atoms with Crippen LogP contribution in [-0.4, -0.2) is 37.2 Å². The van der Waals surface area contributed by atoms with Gasteiger partial charge in [0.2, 0.25) is 0 Å². The molecule has 0 spiro atoms. The van der Waals surface area contributed by atoms with E-state index in [2.05, 4.69) is 81.5 Å². The van der Waals surface area contributed by atoms with Gasteiger partial charge in [-0.1, -0.05) is 281 Å². The fourth-order valence-electron chi connectivity index (χ4n) is 8.59. The molecule has 69 heavy (non-hydrogen) atoms. The Morgan fingerprint density at radius 2 is 0.565 bits per heavy atom. The van der Waals surface area contributed by atoms with Gasteiger partial charge in [-0.15, -0.1) is 0 Å². The highest BCUT2D eigenvalue weighted by atomic mass is 16.6. The van der Waals surface area contributed by atoms with Crippen molar-refractivity contribution in [1.82, 2.24) is 0 Å². The predicted octanol–water partition coefficient (Wildman–Crippen LogP) is 20.0. The minimum absolute atomic E-state index is 0.0681. The van der Waals surface area contributed by atoms with E-state index in [9.17, 15) is 14.4 Å². The van der Waals surface area contributed by atoms with Gasteiger partial charge >= 0.3 is 17.9 Å². The average molecular weight is 966 g/mol. The van der Waals surface area contributed by atoms with Crippen LogP contribution in [0, 0.1) is 0 Å². The molecule has 0 saturated heterocycles. The molecule has 1 unspecified atom stereocenters. The lowest BCUT2D eigenvalue weighted by atomic mass is 10.0. The monoisotopic (exact) mass is 965 g/mol. The van der Waals surface area contributed by atoms with Crippen LogP contribution in [0.2, 0.25) is 0 Å². The summed E-state index contributed by atoms with van der Waals surface area (Å²) in [6.45, 7) is 6.48. The average Bonchev–Trinajstić information content (AvgIpc) is 3.35. The molecule has 0 aliphatic rings. The lowest BCUT2D eigenvalue weighted by molar-refractivity contribution is -0.167. The highest BCUT2D eigenvalue weighted by Crippen LogP contribution is 2.17. The topological polar surface area (TPSA) is 78.9 Å². The molecule has 0 rings (SSSR count). The van der Waals surface area contributed by atoms with Gasteiger partial charge in [-0.25, -0.2) is 0 Å². The first kappa shape index (κ1) is 66.1. The van der Waals surface area contributed by atoms with E-state index in [4.69, 9.17) is 14.2 Å². The number of unbranched alkanes of at least 4 members (excludes halogenated alkanes) is 33. The number of allylic oxidation sites excluding steroid dienone is 10. The van der Waals surface area contributed by atoms with Crippen molar-refractivity contribution in [2.24, 2.45) is 0 Å². The SMILES string of the molecule is CC/C=C\C/C=C\C/C=C\C/C=C\C/C=C\CCCCCCCCCCCCCCCCCCCCCC(=O)OCC(COC(=O)CCCCCCCCC)OC(=O)CCCCCCCCCCC. The standard InChI is InChI=1S/C63H112O6/c1-4-7-10-13-16-18-19-20-21-22-23-24-25-26-27-28-29-30-31-32-33-34-35-36-37-38-39-40-41-42-43-45-47-50-53-56-62(65)68-59-60(58-67-61(64)55-52-49-46-15-12-9-6-3)69-63(66)57-54-51-48-44-17-14-11-8-5-2/h7,10,16,18,20-21,23-24,26-27,60H,4-6,8-9,11-15,17,19,22,25,28-59H2,1-3H3/b10-7-,18-16-,21-20-,24-23-,27-26-. The molecule has 0 bridgehead atoms. The maximum atomic E-state index is 12.7. The number of ether oxygens (including phenoxy) is 3. The third kappa shape index (κ3) is 55.9. The van der Waals surface area contributed by atoms with Crippen LogP contribution in [-0.2, 0) is 28.6 Å². The van der Waals surface area contributed by atoms with E-state index in [1.54, 1.807) is 0 Å². The van der Waals surface area contributed by atoms with Crippen molar-refractivity contribution in [2.45, 2.75) is 309 Å². The second-order valence-corrected chi connectivity index (χ2v) is 19.9. The molecule has 0 aliphatic heterocycles. The molecule has 0 radical (unpaired) electrons. The molecule has 0 fully saturated rings. The fourth-order valence-corrected chi connectivity index (χ4v) is 8.59. The summed E-state index contributed by atoms with van der Waals surface area (Å²) in [5, 5.41) is 0. The molecular weight excluding hydrogens is 853 g/mol. The first-order valence-electron chi connectivity index (χ1n) is 29.8. The summed E-state index contributed by atoms with van der Waals surface area (Å²) in [5.74, 6) is -0.866. The summed E-state index contributed by atoms with van der Waals surface area (Å²) in [6.07, 6.45) is 72.8. The quantitative estimate of drug-likeness (QED) is 0.0262. The van der Waals surface area contributed by atoms with Crippen LogP contribution in [0.3, 0.4) is 0 Å². The van der Waals surface area contributed by atoms with Gasteiger partial charge in [-0.05, 0) is 64.2 Å². The zero-order valence-corrected chi connectivity index (χ0v) is 45.8. The Labute approximate surface area is 428 Å². The number of carbonyl (C=O) groups excluding carboxylic acids is 3. The third-order valence-electron chi connectivity index (χ3n) is 13.0. The van der Waals surface area contributed by atoms with Crippen molar-refractivity contribution in [1.29, 1.82) is 0 Å². The molecule has 0 aliphatic carbocycles. The van der Waals surface area contributed by atoms with E-state index >= 15 is 0 Å². The summed E-state index contributed by atoms with van der Waals surface area (Å²) in [5.41, 5.74) is 0. The molecule has 400 valence electrons. The maximum absolute atomic E-state index is 12.7. The van der Waals surface area contributed by atoms with Gasteiger partial charge in [0.25, 0.3) is 0 Å². The zero-order chi connectivity index (χ0) is 50.0. The number of hydrogen-bond donors (Lipinski definition) is 0. The predicted molar refractivity (Wildman–Crippen MR) is 298 cm³/mol. The Morgan fingerprint density at radius 3 is 0.884 bits per heavy atom. The number of rotatable bonds is 54. The highest BCUT2D eigenvalue weighted by molar-refractivity contribution is 5.71. The van der Waals surface area contributed by atoms with Gasteiger partial charge in [0.05, 0.1) is 0 Å². The number of hydrogen-bond acceptors (Lipinski definition) is 6. The van der Waals surface area contributed by atoms with E-state index in [-0.39, 0.29) is 31.1 Å². The van der Waals surface area contributed by atoms with Crippen LogP contribution in [0.25, 0.3) is 0 Å². The second-order valence-electron chi connectivity index (χ2n) is 19.9. The van der Waals surface area contributed by atoms with E-state index in [1.807, 2.05) is 0 Å². The largest absolute Gasteiger partial charge is 0.462 e. The Morgan fingerprint density at radius 1 is 0.304 bits per heavy atom. The fraction of sp³-hybridized carbons (Fsp3) is 0.794. The smallest absolute Gasteiger partial charge is 0.306 e. The molecule has 0 saturated carbocycles. The summed E-state index contributed by atoms with van der Waals surface area (Å²) in [6, 6.07) is 0. The van der Waals surface area contributed by atoms with Crippen LogP contribution in [0.15, 0.2) is 60.8 Å². The van der Waals surface area contributed by atoms with Crippen LogP contribution in [0.5, 0.6) is 0 Å². The molecular formula is C63H112O6. The van der Waals surface area contributed by atoms with Crippen LogP contribution < -0.4 is 0 Å². The first-order chi connectivity index (χ1) is 34.0. The molecule has 0 N–H and O–H groups in total. The minimum atomic E-state index is -0.763. The molecule has 0 aromatic carbocycles. The highest BCUT2D eigenvalue weighted by Gasteiger charge is 2.19. The maximum Gasteiger partial charge on any atom is 0.306 e. The summed E-state index contributed by atoms with van der Waals surface area (Å²) in [4.78, 5) is 37.7. The summed E-state index contributed by atoms with van der Waals surface area (Å²) >= 11 is 0. The van der Waals surface area contributed by atoms with Crippen molar-refractivity contribution < 1.29 is 28.6 Å². The van der Waals surface area contributed by atoms with Gasteiger partial charge < -0.3 is 14.2 Å². The Bertz CT molecular complexity index is 1250. The lowest BCUT2D eigenvalue weighted by Gasteiger charge is -2.18. The molecule has 0 heterocycles. The van der Waals surface area contributed by atoms with Gasteiger partial charge in [0.1, 0.15) is 13.2 Å². The first-order valence-corrected chi connectivity index (χ1v) is 29.8. The van der Waals surface area contributed by atoms with Crippen molar-refractivity contribution >= 4 is 17.9 Å². The van der Waals surface area contributed by atoms with Gasteiger partial charge in [-0.3, -0.25) is 14.4 Å². The molecule has 0 amide bonds.